The lowest BCUT2D eigenvalue weighted by Crippen LogP contribution is -2.10. The molecular weight excluding hydrogens is 575 g/mol. The molecule has 0 aliphatic heterocycles. The Morgan fingerprint density at radius 2 is 0.957 bits per heavy atom. The van der Waals surface area contributed by atoms with E-state index < -0.39 is 0 Å². The van der Waals surface area contributed by atoms with E-state index in [1.807, 2.05) is 11.3 Å². The summed E-state index contributed by atoms with van der Waals surface area (Å²) >= 11 is 1.86. The van der Waals surface area contributed by atoms with E-state index in [1.165, 1.54) is 69.7 Å². The Bertz CT molecular complexity index is 2530. The van der Waals surface area contributed by atoms with Gasteiger partial charge in [0.15, 0.2) is 0 Å². The third-order valence-corrected chi connectivity index (χ3v) is 10.2. The van der Waals surface area contributed by atoms with Crippen LogP contribution in [-0.2, 0) is 0 Å². The number of hydrogen-bond donors (Lipinski definition) is 0. The van der Waals surface area contributed by atoms with Crippen LogP contribution >= 0.6 is 11.3 Å². The van der Waals surface area contributed by atoms with Crippen molar-refractivity contribution in [3.63, 3.8) is 0 Å². The highest BCUT2D eigenvalue weighted by molar-refractivity contribution is 7.26. The quantitative estimate of drug-likeness (QED) is 0.177. The molecule has 9 rings (SSSR count). The summed E-state index contributed by atoms with van der Waals surface area (Å²) in [6, 6.07) is 64.0. The van der Waals surface area contributed by atoms with Crippen molar-refractivity contribution in [1.29, 1.82) is 0 Å². The highest BCUT2D eigenvalue weighted by atomic mass is 32.1. The van der Waals surface area contributed by atoms with Crippen LogP contribution in [0, 0.1) is 0 Å². The molecule has 216 valence electrons. The van der Waals surface area contributed by atoms with Crippen LogP contribution in [0.5, 0.6) is 0 Å². The maximum atomic E-state index is 2.46. The first-order chi connectivity index (χ1) is 22.8. The minimum Gasteiger partial charge on any atom is -0.310 e. The standard InChI is InChI=1S/C44H29NS/c1-3-12-30(13-4-1)37-27-26-35(29-39(37)31-14-5-2-6-15-31)45(41-19-11-21-43-44(41)38-18-9-10-20-42(38)46-43)34-25-24-33-23-22-32-16-7-8-17-36(32)40(33)28-34/h1-29H. The molecule has 1 nitrogen and oxygen atoms in total. The molecule has 0 saturated carbocycles. The summed E-state index contributed by atoms with van der Waals surface area (Å²) in [4.78, 5) is 2.46. The van der Waals surface area contributed by atoms with Crippen molar-refractivity contribution in [2.45, 2.75) is 0 Å². The monoisotopic (exact) mass is 603 g/mol. The van der Waals surface area contributed by atoms with E-state index in [1.54, 1.807) is 0 Å². The Labute approximate surface area is 272 Å². The Kier molecular flexibility index (Phi) is 6.40. The molecule has 0 spiro atoms. The molecule has 1 heterocycles. The molecule has 0 aliphatic carbocycles. The summed E-state index contributed by atoms with van der Waals surface area (Å²) in [5.74, 6) is 0. The Morgan fingerprint density at radius 1 is 0.370 bits per heavy atom. The second kappa shape index (κ2) is 11.0. The fourth-order valence-corrected chi connectivity index (χ4v) is 8.02. The molecule has 0 unspecified atom stereocenters. The Balaban J connectivity index is 1.35. The van der Waals surface area contributed by atoms with Crippen molar-refractivity contribution >= 4 is 70.1 Å². The second-order valence-corrected chi connectivity index (χ2v) is 12.8. The van der Waals surface area contributed by atoms with E-state index >= 15 is 0 Å². The number of hydrogen-bond acceptors (Lipinski definition) is 2. The summed E-state index contributed by atoms with van der Waals surface area (Å²) < 4.78 is 2.60. The van der Waals surface area contributed by atoms with Gasteiger partial charge in [0.25, 0.3) is 0 Å². The SMILES string of the molecule is c1ccc(-c2ccc(N(c3ccc4ccc5ccccc5c4c3)c3cccc4sc5ccccc5c34)cc2-c2ccccc2)cc1. The molecule has 0 fully saturated rings. The average molecular weight is 604 g/mol. The lowest BCUT2D eigenvalue weighted by Gasteiger charge is -2.28. The predicted octanol–water partition coefficient (Wildman–Crippen LogP) is 13.2. The topological polar surface area (TPSA) is 3.24 Å². The fourth-order valence-electron chi connectivity index (χ4n) is 6.90. The van der Waals surface area contributed by atoms with Crippen LogP contribution < -0.4 is 4.90 Å². The number of nitrogens with zero attached hydrogens (tertiary/aromatic N) is 1. The Morgan fingerprint density at radius 3 is 1.76 bits per heavy atom. The molecular formula is C44H29NS. The highest BCUT2D eigenvalue weighted by Crippen LogP contribution is 2.47. The lowest BCUT2D eigenvalue weighted by molar-refractivity contribution is 1.31. The van der Waals surface area contributed by atoms with Crippen LogP contribution in [0.15, 0.2) is 176 Å². The molecule has 8 aromatic carbocycles. The zero-order valence-corrected chi connectivity index (χ0v) is 25.9. The van der Waals surface area contributed by atoms with Crippen LogP contribution in [0.25, 0.3) is 64.0 Å². The molecule has 0 radical (unpaired) electrons. The number of anilines is 3. The van der Waals surface area contributed by atoms with E-state index in [-0.39, 0.29) is 0 Å². The van der Waals surface area contributed by atoms with E-state index in [4.69, 9.17) is 0 Å². The lowest BCUT2D eigenvalue weighted by atomic mass is 9.93. The molecule has 0 N–H and O–H groups in total. The summed E-state index contributed by atoms with van der Waals surface area (Å²) in [6.45, 7) is 0. The van der Waals surface area contributed by atoms with E-state index in [9.17, 15) is 0 Å². The van der Waals surface area contributed by atoms with Gasteiger partial charge < -0.3 is 4.90 Å². The minimum atomic E-state index is 1.13. The van der Waals surface area contributed by atoms with Gasteiger partial charge in [-0.15, -0.1) is 11.3 Å². The third kappa shape index (κ3) is 4.46. The van der Waals surface area contributed by atoms with Gasteiger partial charge in [0.05, 0.1) is 5.69 Å². The van der Waals surface area contributed by atoms with Gasteiger partial charge in [-0.1, -0.05) is 133 Å². The molecule has 1 aromatic heterocycles. The van der Waals surface area contributed by atoms with Crippen LogP contribution in [0.3, 0.4) is 0 Å². The van der Waals surface area contributed by atoms with E-state index in [2.05, 4.69) is 181 Å². The molecule has 0 aliphatic rings. The summed E-state index contributed by atoms with van der Waals surface area (Å²) in [5, 5.41) is 7.60. The number of benzene rings is 8. The van der Waals surface area contributed by atoms with Crippen LogP contribution in [0.4, 0.5) is 17.1 Å². The largest absolute Gasteiger partial charge is 0.310 e. The van der Waals surface area contributed by atoms with Gasteiger partial charge in [-0.25, -0.2) is 0 Å². The fraction of sp³-hybridized carbons (Fsp3) is 0. The summed E-state index contributed by atoms with van der Waals surface area (Å²) in [6.07, 6.45) is 0. The van der Waals surface area contributed by atoms with Crippen molar-refractivity contribution in [2.24, 2.45) is 0 Å². The second-order valence-electron chi connectivity index (χ2n) is 11.7. The molecule has 0 bridgehead atoms. The normalized spacial score (nSPS) is 11.5. The number of thiophene rings is 1. The van der Waals surface area contributed by atoms with Crippen molar-refractivity contribution in [3.8, 4) is 22.3 Å². The smallest absolute Gasteiger partial charge is 0.0554 e. The van der Waals surface area contributed by atoms with Crippen molar-refractivity contribution in [2.75, 3.05) is 4.90 Å². The van der Waals surface area contributed by atoms with Crippen LogP contribution in [0.1, 0.15) is 0 Å². The first-order valence-corrected chi connectivity index (χ1v) is 16.5. The third-order valence-electron chi connectivity index (χ3n) is 9.04. The minimum absolute atomic E-state index is 1.13. The molecule has 0 amide bonds. The summed E-state index contributed by atoms with van der Waals surface area (Å²) in [7, 11) is 0. The summed E-state index contributed by atoms with van der Waals surface area (Å²) in [5.41, 5.74) is 8.29. The first-order valence-electron chi connectivity index (χ1n) is 15.7. The maximum Gasteiger partial charge on any atom is 0.0554 e. The van der Waals surface area contributed by atoms with Crippen molar-refractivity contribution < 1.29 is 0 Å². The van der Waals surface area contributed by atoms with Gasteiger partial charge in [0.1, 0.15) is 0 Å². The Hall–Kier alpha value is -5.70. The van der Waals surface area contributed by atoms with Crippen molar-refractivity contribution in [3.05, 3.63) is 176 Å². The van der Waals surface area contributed by atoms with Crippen LogP contribution in [0.2, 0.25) is 0 Å². The van der Waals surface area contributed by atoms with Gasteiger partial charge in [-0.05, 0) is 86.3 Å². The van der Waals surface area contributed by atoms with Crippen molar-refractivity contribution in [1.82, 2.24) is 0 Å². The predicted molar refractivity (Wildman–Crippen MR) is 200 cm³/mol. The van der Waals surface area contributed by atoms with Gasteiger partial charge in [-0.2, -0.15) is 0 Å². The van der Waals surface area contributed by atoms with Gasteiger partial charge in [0.2, 0.25) is 0 Å². The molecule has 2 heteroatoms. The molecule has 0 saturated heterocycles. The van der Waals surface area contributed by atoms with Gasteiger partial charge in [-0.3, -0.25) is 0 Å². The first kappa shape index (κ1) is 26.7. The molecule has 46 heavy (non-hydrogen) atoms. The zero-order valence-electron chi connectivity index (χ0n) is 25.1. The maximum absolute atomic E-state index is 2.46. The van der Waals surface area contributed by atoms with E-state index in [0.29, 0.717) is 0 Å². The highest BCUT2D eigenvalue weighted by Gasteiger charge is 2.21. The molecule has 0 atom stereocenters. The van der Waals surface area contributed by atoms with E-state index in [0.717, 1.165) is 11.4 Å². The van der Waals surface area contributed by atoms with Crippen LogP contribution in [-0.4, -0.2) is 0 Å². The van der Waals surface area contributed by atoms with Gasteiger partial charge >= 0.3 is 0 Å². The van der Waals surface area contributed by atoms with Gasteiger partial charge in [0, 0.05) is 31.5 Å². The number of rotatable bonds is 5. The number of fused-ring (bicyclic) bond motifs is 6. The zero-order chi connectivity index (χ0) is 30.5. The average Bonchev–Trinajstić information content (AvgIpc) is 3.52. The molecule has 9 aromatic rings.